The van der Waals surface area contributed by atoms with Crippen LogP contribution in [-0.4, -0.2) is 49.3 Å². The Balaban J connectivity index is 1.32. The Labute approximate surface area is 151 Å². The Hall–Kier alpha value is -1.59. The van der Waals surface area contributed by atoms with E-state index in [2.05, 4.69) is 29.6 Å². The van der Waals surface area contributed by atoms with Gasteiger partial charge in [0.15, 0.2) is 0 Å². The van der Waals surface area contributed by atoms with E-state index in [0.717, 1.165) is 24.9 Å². The fourth-order valence-electron chi connectivity index (χ4n) is 3.98. The number of ether oxygens (including phenoxy) is 1. The molecule has 2 N–H and O–H groups in total. The maximum Gasteiger partial charge on any atom is 0.407 e. The highest BCUT2D eigenvalue weighted by Gasteiger charge is 2.38. The SMILES string of the molecule is CN(C)C1(CNC2CC(NC(=O)OCc3ccccc3)C2)CCCC1. The molecule has 0 unspecified atom stereocenters. The van der Waals surface area contributed by atoms with Gasteiger partial charge < -0.3 is 20.3 Å². The van der Waals surface area contributed by atoms with Crippen LogP contribution in [0.25, 0.3) is 0 Å². The summed E-state index contributed by atoms with van der Waals surface area (Å²) in [5, 5.41) is 6.68. The van der Waals surface area contributed by atoms with Crippen molar-refractivity contribution in [1.29, 1.82) is 0 Å². The number of carbonyl (C=O) groups is 1. The van der Waals surface area contributed by atoms with E-state index in [1.807, 2.05) is 30.3 Å². The fraction of sp³-hybridized carbons (Fsp3) is 0.650. The third kappa shape index (κ3) is 4.73. The zero-order valence-electron chi connectivity index (χ0n) is 15.5. The van der Waals surface area contributed by atoms with Gasteiger partial charge in [0.1, 0.15) is 6.61 Å². The zero-order valence-corrected chi connectivity index (χ0v) is 15.5. The number of amides is 1. The van der Waals surface area contributed by atoms with Crippen molar-refractivity contribution < 1.29 is 9.53 Å². The minimum atomic E-state index is -0.312. The third-order valence-corrected chi connectivity index (χ3v) is 5.88. The van der Waals surface area contributed by atoms with Crippen LogP contribution in [0.15, 0.2) is 30.3 Å². The Kier molecular flexibility index (Phi) is 5.97. The van der Waals surface area contributed by atoms with Crippen LogP contribution in [0.5, 0.6) is 0 Å². The molecular weight excluding hydrogens is 314 g/mol. The van der Waals surface area contributed by atoms with Gasteiger partial charge in [0.25, 0.3) is 0 Å². The molecule has 0 saturated heterocycles. The lowest BCUT2D eigenvalue weighted by Crippen LogP contribution is -2.57. The number of carbonyl (C=O) groups excluding carboxylic acids is 1. The van der Waals surface area contributed by atoms with E-state index in [1.54, 1.807) is 0 Å². The van der Waals surface area contributed by atoms with E-state index in [9.17, 15) is 4.79 Å². The standard InChI is InChI=1S/C20H31N3O2/c1-23(2)20(10-6-7-11-20)15-21-17-12-18(13-17)22-19(24)25-14-16-8-4-3-5-9-16/h3-5,8-9,17-18,21H,6-7,10-15H2,1-2H3,(H,22,24). The molecule has 5 nitrogen and oxygen atoms in total. The molecule has 138 valence electrons. The predicted molar refractivity (Wildman–Crippen MR) is 99.5 cm³/mol. The van der Waals surface area contributed by atoms with Crippen molar-refractivity contribution in [2.75, 3.05) is 20.6 Å². The molecule has 0 aromatic heterocycles. The largest absolute Gasteiger partial charge is 0.445 e. The van der Waals surface area contributed by atoms with E-state index in [0.29, 0.717) is 18.2 Å². The maximum absolute atomic E-state index is 11.9. The highest BCUT2D eigenvalue weighted by Crippen LogP contribution is 2.33. The van der Waals surface area contributed by atoms with Gasteiger partial charge in [0, 0.05) is 24.2 Å². The van der Waals surface area contributed by atoms with Crippen LogP contribution in [0, 0.1) is 0 Å². The van der Waals surface area contributed by atoms with Crippen molar-refractivity contribution in [2.45, 2.75) is 62.8 Å². The Morgan fingerprint density at radius 1 is 1.16 bits per heavy atom. The second kappa shape index (κ2) is 8.19. The highest BCUT2D eigenvalue weighted by atomic mass is 16.5. The van der Waals surface area contributed by atoms with E-state index < -0.39 is 0 Å². The quantitative estimate of drug-likeness (QED) is 0.798. The number of hydrogen-bond donors (Lipinski definition) is 2. The Bertz CT molecular complexity index is 549. The summed E-state index contributed by atoms with van der Waals surface area (Å²) < 4.78 is 5.28. The number of likely N-dealkylation sites (N-methyl/N-ethyl adjacent to an activating group) is 1. The average Bonchev–Trinajstić information content (AvgIpc) is 3.06. The second-order valence-electron chi connectivity index (χ2n) is 7.78. The van der Waals surface area contributed by atoms with Crippen molar-refractivity contribution in [3.63, 3.8) is 0 Å². The van der Waals surface area contributed by atoms with Gasteiger partial charge in [-0.3, -0.25) is 0 Å². The van der Waals surface area contributed by atoms with E-state index in [1.165, 1.54) is 25.7 Å². The van der Waals surface area contributed by atoms with Crippen molar-refractivity contribution >= 4 is 6.09 Å². The van der Waals surface area contributed by atoms with Crippen LogP contribution < -0.4 is 10.6 Å². The van der Waals surface area contributed by atoms with Gasteiger partial charge in [-0.1, -0.05) is 43.2 Å². The lowest BCUT2D eigenvalue weighted by atomic mass is 9.85. The van der Waals surface area contributed by atoms with Gasteiger partial charge in [-0.05, 0) is 45.3 Å². The summed E-state index contributed by atoms with van der Waals surface area (Å²) >= 11 is 0. The molecule has 25 heavy (non-hydrogen) atoms. The lowest BCUT2D eigenvalue weighted by molar-refractivity contribution is 0.116. The summed E-state index contributed by atoms with van der Waals surface area (Å²) in [6.45, 7) is 1.38. The molecule has 1 amide bonds. The monoisotopic (exact) mass is 345 g/mol. The average molecular weight is 345 g/mol. The molecule has 3 rings (SSSR count). The highest BCUT2D eigenvalue weighted by molar-refractivity contribution is 5.67. The van der Waals surface area contributed by atoms with Crippen LogP contribution in [0.2, 0.25) is 0 Å². The summed E-state index contributed by atoms with van der Waals surface area (Å²) in [6, 6.07) is 10.5. The molecule has 2 aliphatic rings. The zero-order chi connectivity index (χ0) is 17.7. The van der Waals surface area contributed by atoms with Gasteiger partial charge >= 0.3 is 6.09 Å². The van der Waals surface area contributed by atoms with Crippen LogP contribution in [0.1, 0.15) is 44.1 Å². The smallest absolute Gasteiger partial charge is 0.407 e. The second-order valence-corrected chi connectivity index (χ2v) is 7.78. The summed E-state index contributed by atoms with van der Waals surface area (Å²) in [4.78, 5) is 14.3. The number of nitrogens with zero attached hydrogens (tertiary/aromatic N) is 1. The maximum atomic E-state index is 11.9. The lowest BCUT2D eigenvalue weighted by Gasteiger charge is -2.42. The topological polar surface area (TPSA) is 53.6 Å². The molecule has 1 aromatic rings. The van der Waals surface area contributed by atoms with Crippen molar-refractivity contribution in [2.24, 2.45) is 0 Å². The number of alkyl carbamates (subject to hydrolysis) is 1. The Morgan fingerprint density at radius 3 is 2.48 bits per heavy atom. The summed E-state index contributed by atoms with van der Waals surface area (Å²) in [5.41, 5.74) is 1.34. The molecule has 2 fully saturated rings. The number of rotatable bonds is 7. The number of hydrogen-bond acceptors (Lipinski definition) is 4. The molecule has 0 bridgehead atoms. The van der Waals surface area contributed by atoms with Crippen LogP contribution in [0.4, 0.5) is 4.79 Å². The summed E-state index contributed by atoms with van der Waals surface area (Å²) in [6.07, 6.45) is 6.91. The molecule has 0 radical (unpaired) electrons. The molecule has 0 atom stereocenters. The van der Waals surface area contributed by atoms with Gasteiger partial charge in [-0.2, -0.15) is 0 Å². The van der Waals surface area contributed by atoms with E-state index in [4.69, 9.17) is 4.74 Å². The molecule has 0 heterocycles. The van der Waals surface area contributed by atoms with E-state index in [-0.39, 0.29) is 12.1 Å². The molecule has 5 heteroatoms. The van der Waals surface area contributed by atoms with Crippen LogP contribution in [-0.2, 0) is 11.3 Å². The van der Waals surface area contributed by atoms with Gasteiger partial charge in [0.05, 0.1) is 0 Å². The molecule has 2 saturated carbocycles. The normalized spacial score (nSPS) is 24.8. The third-order valence-electron chi connectivity index (χ3n) is 5.88. The summed E-state index contributed by atoms with van der Waals surface area (Å²) in [7, 11) is 4.39. The van der Waals surface area contributed by atoms with E-state index >= 15 is 0 Å². The van der Waals surface area contributed by atoms with Gasteiger partial charge in [-0.15, -0.1) is 0 Å². The molecule has 0 aliphatic heterocycles. The van der Waals surface area contributed by atoms with Crippen molar-refractivity contribution in [1.82, 2.24) is 15.5 Å². The minimum Gasteiger partial charge on any atom is -0.445 e. The molecule has 0 spiro atoms. The molecular formula is C20H31N3O2. The van der Waals surface area contributed by atoms with Crippen LogP contribution >= 0.6 is 0 Å². The Morgan fingerprint density at radius 2 is 1.84 bits per heavy atom. The molecule has 1 aromatic carbocycles. The fourth-order valence-corrected chi connectivity index (χ4v) is 3.98. The van der Waals surface area contributed by atoms with Gasteiger partial charge in [0.2, 0.25) is 0 Å². The minimum absolute atomic E-state index is 0.236. The van der Waals surface area contributed by atoms with Crippen LogP contribution in [0.3, 0.4) is 0 Å². The predicted octanol–water partition coefficient (Wildman–Crippen LogP) is 2.91. The molecule has 2 aliphatic carbocycles. The van der Waals surface area contributed by atoms with Crippen molar-refractivity contribution in [3.05, 3.63) is 35.9 Å². The van der Waals surface area contributed by atoms with Gasteiger partial charge in [-0.25, -0.2) is 4.79 Å². The number of benzene rings is 1. The number of nitrogens with one attached hydrogen (secondary N) is 2. The first-order valence-electron chi connectivity index (χ1n) is 9.45. The summed E-state index contributed by atoms with van der Waals surface area (Å²) in [5.74, 6) is 0. The first-order valence-corrected chi connectivity index (χ1v) is 9.45. The van der Waals surface area contributed by atoms with Crippen molar-refractivity contribution in [3.8, 4) is 0 Å². The first-order chi connectivity index (χ1) is 12.1. The first kappa shape index (κ1) is 18.2.